The second-order valence-corrected chi connectivity index (χ2v) is 12.3. The van der Waals surface area contributed by atoms with Crippen molar-refractivity contribution < 1.29 is 39.2 Å². The fourth-order valence-electron chi connectivity index (χ4n) is 3.45. The Kier molecular flexibility index (Phi) is 5.76. The van der Waals surface area contributed by atoms with Crippen molar-refractivity contribution in [3.63, 3.8) is 0 Å². The van der Waals surface area contributed by atoms with Crippen LogP contribution in [-0.4, -0.2) is 50.4 Å². The number of anilines is 1. The average molecular weight is 586 g/mol. The molecule has 8 nitrogen and oxygen atoms in total. The van der Waals surface area contributed by atoms with Crippen molar-refractivity contribution in [1.29, 1.82) is 0 Å². The number of hydrogen-bond donors (Lipinski definition) is 1. The summed E-state index contributed by atoms with van der Waals surface area (Å²) < 4.78 is 39.5. The number of amides is 1. The number of fused-ring (bicyclic) bond motifs is 1. The molecule has 0 spiro atoms. The number of rotatable bonds is 4. The number of pyridine rings is 1. The number of piperidine rings is 1. The zero-order chi connectivity index (χ0) is 23.2. The van der Waals surface area contributed by atoms with Gasteiger partial charge in [0.1, 0.15) is 0 Å². The van der Waals surface area contributed by atoms with Crippen molar-refractivity contribution in [2.24, 2.45) is 0 Å². The van der Waals surface area contributed by atoms with Gasteiger partial charge in [-0.25, -0.2) is 0 Å². The predicted molar refractivity (Wildman–Crippen MR) is 110 cm³/mol. The topological polar surface area (TPSA) is 96.8 Å². The van der Waals surface area contributed by atoms with Gasteiger partial charge in [-0.3, -0.25) is 0 Å². The van der Waals surface area contributed by atoms with Gasteiger partial charge in [-0.05, 0) is 0 Å². The Labute approximate surface area is 200 Å². The van der Waals surface area contributed by atoms with E-state index in [1.807, 2.05) is 0 Å². The van der Waals surface area contributed by atoms with E-state index in [0.717, 1.165) is 0 Å². The Morgan fingerprint density at radius 1 is 1.24 bits per heavy atom. The number of aryl methyl sites for hydroxylation is 1. The van der Waals surface area contributed by atoms with Gasteiger partial charge in [0.05, 0.1) is 0 Å². The third-order valence-corrected chi connectivity index (χ3v) is 9.56. The molecule has 0 radical (unpaired) electrons. The van der Waals surface area contributed by atoms with Crippen molar-refractivity contribution in [1.82, 2.24) is 30.0 Å². The summed E-state index contributed by atoms with van der Waals surface area (Å²) in [5.74, 6) is 0.121. The van der Waals surface area contributed by atoms with Crippen LogP contribution in [0.15, 0.2) is 42.5 Å². The van der Waals surface area contributed by atoms with Crippen LogP contribution in [0.25, 0.3) is 11.4 Å². The summed E-state index contributed by atoms with van der Waals surface area (Å²) in [7, 11) is 0. The summed E-state index contributed by atoms with van der Waals surface area (Å²) in [5, 5.41) is 8.53. The molecule has 0 unspecified atom stereocenters. The molecule has 2 aliphatic rings. The first kappa shape index (κ1) is 22.1. The maximum absolute atomic E-state index is 13.6. The first-order valence-electron chi connectivity index (χ1n) is 9.85. The second-order valence-electron chi connectivity index (χ2n) is 7.39. The van der Waals surface area contributed by atoms with Crippen molar-refractivity contribution in [3.8, 4) is 11.4 Å². The molecule has 2 aliphatic heterocycles. The number of likely N-dealkylation sites (tertiary alicyclic amines) is 1. The van der Waals surface area contributed by atoms with Crippen molar-refractivity contribution in [2.45, 2.75) is 27.4 Å². The Hall–Kier alpha value is -2.68. The van der Waals surface area contributed by atoms with Crippen LogP contribution < -0.4 is 26.5 Å². The molecule has 2 atom stereocenters. The number of hydrogen-bond acceptors (Lipinski definition) is 8. The van der Waals surface area contributed by atoms with E-state index in [1.54, 1.807) is 48.6 Å². The summed E-state index contributed by atoms with van der Waals surface area (Å²) in [6.45, 7) is 2.37. The molecule has 2 fully saturated rings. The summed E-state index contributed by atoms with van der Waals surface area (Å²) in [6, 6.07) is 5.27. The van der Waals surface area contributed by atoms with Gasteiger partial charge in [0.2, 0.25) is 0 Å². The minimum absolute atomic E-state index is 0.00169. The van der Waals surface area contributed by atoms with Crippen LogP contribution in [0.3, 0.4) is 0 Å². The molecular weight excluding hydrogens is 570 g/mol. The Bertz CT molecular complexity index is 1230. The van der Waals surface area contributed by atoms with Gasteiger partial charge in [0, 0.05) is 0 Å². The first-order valence-corrected chi connectivity index (χ1v) is 13.2. The van der Waals surface area contributed by atoms with E-state index in [1.165, 1.54) is 0 Å². The number of halogens is 4. The van der Waals surface area contributed by atoms with Crippen LogP contribution in [0.5, 0.6) is 0 Å². The normalized spacial score (nSPS) is 21.3. The van der Waals surface area contributed by atoms with Gasteiger partial charge in [0.15, 0.2) is 0 Å². The van der Waals surface area contributed by atoms with Crippen molar-refractivity contribution in [3.05, 3.63) is 58.9 Å². The Morgan fingerprint density at radius 2 is 2.03 bits per heavy atom. The molecule has 0 saturated carbocycles. The SMILES string of the molecule is Cc1ccc(-c2ncccn2)c(C(=O)N2C[C@@H]3[I-][C@@H]3C/C2=C\Nc2nnc(C(F)(F)F)s2)n1. The second kappa shape index (κ2) is 8.59. The fraction of sp³-hybridized carbons (Fsp3) is 0.300. The number of nitrogens with zero attached hydrogens (tertiary/aromatic N) is 6. The molecule has 0 aromatic carbocycles. The molecular formula is C20H16F3IN7OS-. The number of alkyl halides is 5. The van der Waals surface area contributed by atoms with E-state index < -0.39 is 11.2 Å². The van der Waals surface area contributed by atoms with Crippen LogP contribution in [-0.2, 0) is 6.18 Å². The maximum atomic E-state index is 13.6. The van der Waals surface area contributed by atoms with Crippen LogP contribution in [0.2, 0.25) is 0 Å². The van der Waals surface area contributed by atoms with Crippen LogP contribution in [0.4, 0.5) is 18.3 Å². The monoisotopic (exact) mass is 586 g/mol. The standard InChI is InChI=1S/C20H16F3IN7OS/c1-10-3-4-12(16-25-5-2-6-26-16)15(28-10)17(32)31-9-14-13(24-14)7-11(31)8-27-19-30-29-18(33-19)20(21,22)23/h2-6,8,13-14H,7,9H2,1H3,(H,27,30)/q-1/b11-8+/t13-,14+/m1/s1. The van der Waals surface area contributed by atoms with Gasteiger partial charge >= 0.3 is 201 Å². The summed E-state index contributed by atoms with van der Waals surface area (Å²) >= 11 is 0.421. The molecule has 1 N–H and O–H groups in total. The van der Waals surface area contributed by atoms with E-state index >= 15 is 0 Å². The number of carbonyl (C=O) groups is 1. The van der Waals surface area contributed by atoms with Gasteiger partial charge in [-0.2, -0.15) is 0 Å². The Morgan fingerprint density at radius 3 is 2.76 bits per heavy atom. The van der Waals surface area contributed by atoms with E-state index in [4.69, 9.17) is 0 Å². The van der Waals surface area contributed by atoms with E-state index in [0.29, 0.717) is 54.9 Å². The molecule has 5 heterocycles. The molecule has 13 heteroatoms. The predicted octanol–water partition coefficient (Wildman–Crippen LogP) is 0.357. The summed E-state index contributed by atoms with van der Waals surface area (Å²) in [5.41, 5.74) is 2.17. The molecule has 0 bridgehead atoms. The first-order chi connectivity index (χ1) is 15.8. The van der Waals surface area contributed by atoms with E-state index in [9.17, 15) is 18.0 Å². The van der Waals surface area contributed by atoms with Crippen molar-refractivity contribution in [2.75, 3.05) is 11.9 Å². The molecule has 3 aromatic rings. The van der Waals surface area contributed by atoms with Gasteiger partial charge in [0.25, 0.3) is 0 Å². The quantitative estimate of drug-likeness (QED) is 0.349. The van der Waals surface area contributed by atoms with E-state index in [-0.39, 0.29) is 37.9 Å². The zero-order valence-electron chi connectivity index (χ0n) is 17.0. The van der Waals surface area contributed by atoms with Crippen LogP contribution in [0.1, 0.15) is 27.6 Å². The molecule has 5 rings (SSSR count). The summed E-state index contributed by atoms with van der Waals surface area (Å²) in [6.07, 6.45) is 0.901. The molecule has 0 aliphatic carbocycles. The zero-order valence-corrected chi connectivity index (χ0v) is 20.0. The third kappa shape index (κ3) is 4.69. The molecule has 1 amide bonds. The van der Waals surface area contributed by atoms with Crippen LogP contribution in [0, 0.1) is 6.92 Å². The number of allylic oxidation sites excluding steroid dienone is 1. The van der Waals surface area contributed by atoms with Crippen LogP contribution >= 0.6 is 11.3 Å². The van der Waals surface area contributed by atoms with Gasteiger partial charge in [-0.1, -0.05) is 0 Å². The van der Waals surface area contributed by atoms with E-state index in [2.05, 4.69) is 30.5 Å². The molecule has 3 aromatic heterocycles. The fourth-order valence-corrected chi connectivity index (χ4v) is 6.79. The molecule has 172 valence electrons. The average Bonchev–Trinajstić information content (AvgIpc) is 3.38. The Balaban J connectivity index is 1.45. The third-order valence-electron chi connectivity index (χ3n) is 5.08. The molecule has 2 saturated heterocycles. The molecule has 33 heavy (non-hydrogen) atoms. The number of nitrogens with one attached hydrogen (secondary N) is 1. The van der Waals surface area contributed by atoms with Gasteiger partial charge < -0.3 is 0 Å². The van der Waals surface area contributed by atoms with Gasteiger partial charge in [-0.15, -0.1) is 0 Å². The number of carbonyl (C=O) groups excluding carboxylic acids is 1. The minimum atomic E-state index is -4.55. The number of aromatic nitrogens is 5. The van der Waals surface area contributed by atoms with Crippen molar-refractivity contribution >= 4 is 22.4 Å². The summed E-state index contributed by atoms with van der Waals surface area (Å²) in [4.78, 5) is 28.3.